The summed E-state index contributed by atoms with van der Waals surface area (Å²) in [7, 11) is 1.30. The number of methoxy groups -OCH3 is 1. The van der Waals surface area contributed by atoms with Gasteiger partial charge in [-0.15, -0.1) is 0 Å². The molecule has 28 heavy (non-hydrogen) atoms. The molecule has 156 valence electrons. The number of benzene rings is 1. The fraction of sp³-hybridized carbons (Fsp3) is 0.600. The molecule has 0 aliphatic carbocycles. The van der Waals surface area contributed by atoms with Crippen LogP contribution in [-0.4, -0.2) is 55.5 Å². The van der Waals surface area contributed by atoms with E-state index >= 15 is 0 Å². The Morgan fingerprint density at radius 2 is 1.82 bits per heavy atom. The predicted octanol–water partition coefficient (Wildman–Crippen LogP) is 3.23. The van der Waals surface area contributed by atoms with Crippen molar-refractivity contribution in [2.24, 2.45) is 0 Å². The molecular weight excluding hydrogens is 364 g/mol. The lowest BCUT2D eigenvalue weighted by Gasteiger charge is -2.33. The number of carbonyl (C=O) groups excluding carboxylic acids is 2. The number of esters is 1. The van der Waals surface area contributed by atoms with Crippen LogP contribution >= 0.6 is 0 Å². The third kappa shape index (κ3) is 5.68. The lowest BCUT2D eigenvalue weighted by molar-refractivity contribution is 0.0123. The molecule has 1 saturated heterocycles. The van der Waals surface area contributed by atoms with Crippen molar-refractivity contribution in [2.75, 3.05) is 32.5 Å². The summed E-state index contributed by atoms with van der Waals surface area (Å²) in [6.07, 6.45) is 0.847. The first-order valence-electron chi connectivity index (χ1n) is 9.43. The molecule has 1 aliphatic heterocycles. The van der Waals surface area contributed by atoms with Gasteiger partial charge in [0.2, 0.25) is 0 Å². The molecule has 2 N–H and O–H groups in total. The summed E-state index contributed by atoms with van der Waals surface area (Å²) in [6.45, 7) is 8.88. The van der Waals surface area contributed by atoms with Gasteiger partial charge in [0.25, 0.3) is 0 Å². The van der Waals surface area contributed by atoms with Gasteiger partial charge in [0.1, 0.15) is 11.7 Å². The van der Waals surface area contributed by atoms with Crippen LogP contribution in [0.2, 0.25) is 0 Å². The average Bonchev–Trinajstić information content (AvgIpc) is 2.62. The zero-order chi connectivity index (χ0) is 20.9. The second-order valence-corrected chi connectivity index (χ2v) is 7.60. The Labute approximate surface area is 165 Å². The van der Waals surface area contributed by atoms with E-state index < -0.39 is 11.6 Å². The van der Waals surface area contributed by atoms with Gasteiger partial charge in [-0.3, -0.25) is 0 Å². The highest BCUT2D eigenvalue weighted by Gasteiger charge is 2.28. The number of carbonyl (C=O) groups is 2. The highest BCUT2D eigenvalue weighted by molar-refractivity contribution is 5.96. The molecule has 1 aromatic carbocycles. The molecule has 0 radical (unpaired) electrons. The van der Waals surface area contributed by atoms with Crippen LogP contribution in [0.25, 0.3) is 0 Å². The Hall–Kier alpha value is -2.64. The molecule has 0 unspecified atom stereocenters. The monoisotopic (exact) mass is 394 g/mol. The molecule has 2 rings (SSSR count). The number of amides is 1. The molecule has 0 aromatic heterocycles. The van der Waals surface area contributed by atoms with Gasteiger partial charge in [0.05, 0.1) is 25.0 Å². The number of nitrogen functional groups attached to an aromatic ring is 1. The van der Waals surface area contributed by atoms with E-state index in [9.17, 15) is 9.59 Å². The van der Waals surface area contributed by atoms with E-state index in [1.54, 1.807) is 17.0 Å². The van der Waals surface area contributed by atoms with Crippen LogP contribution in [0, 0.1) is 0 Å². The molecule has 0 spiro atoms. The SMILES string of the molecule is CCOc1cc(N)c(C(=O)OC)cc1OC1CCN(C(=O)OC(C)(C)C)CC1. The number of anilines is 1. The lowest BCUT2D eigenvalue weighted by atomic mass is 10.1. The van der Waals surface area contributed by atoms with Crippen LogP contribution < -0.4 is 15.2 Å². The molecule has 1 heterocycles. The third-order valence-electron chi connectivity index (χ3n) is 4.21. The van der Waals surface area contributed by atoms with E-state index in [1.807, 2.05) is 27.7 Å². The highest BCUT2D eigenvalue weighted by Crippen LogP contribution is 2.35. The number of ether oxygens (including phenoxy) is 4. The molecule has 0 saturated carbocycles. The Morgan fingerprint density at radius 3 is 2.36 bits per heavy atom. The molecule has 1 aromatic rings. The molecule has 1 fully saturated rings. The minimum absolute atomic E-state index is 0.119. The molecule has 0 bridgehead atoms. The first kappa shape index (κ1) is 21.7. The molecule has 8 nitrogen and oxygen atoms in total. The minimum Gasteiger partial charge on any atom is -0.490 e. The van der Waals surface area contributed by atoms with Crippen molar-refractivity contribution in [1.82, 2.24) is 4.90 Å². The fourth-order valence-corrected chi connectivity index (χ4v) is 2.89. The summed E-state index contributed by atoms with van der Waals surface area (Å²) in [4.78, 5) is 25.8. The molecule has 0 atom stereocenters. The van der Waals surface area contributed by atoms with Gasteiger partial charge in [-0.05, 0) is 27.7 Å². The van der Waals surface area contributed by atoms with Gasteiger partial charge in [0, 0.05) is 38.1 Å². The van der Waals surface area contributed by atoms with Crippen molar-refractivity contribution < 1.29 is 28.5 Å². The van der Waals surface area contributed by atoms with Crippen LogP contribution in [0.3, 0.4) is 0 Å². The molecule has 1 amide bonds. The van der Waals surface area contributed by atoms with Gasteiger partial charge in [0.15, 0.2) is 11.5 Å². The Balaban J connectivity index is 2.07. The van der Waals surface area contributed by atoms with Crippen LogP contribution in [0.4, 0.5) is 10.5 Å². The zero-order valence-electron chi connectivity index (χ0n) is 17.2. The van der Waals surface area contributed by atoms with E-state index in [2.05, 4.69) is 0 Å². The lowest BCUT2D eigenvalue weighted by Crippen LogP contribution is -2.44. The second-order valence-electron chi connectivity index (χ2n) is 7.60. The Bertz CT molecular complexity index is 705. The first-order valence-corrected chi connectivity index (χ1v) is 9.43. The van der Waals surface area contributed by atoms with E-state index in [0.29, 0.717) is 44.0 Å². The molecule has 1 aliphatic rings. The maximum Gasteiger partial charge on any atom is 0.410 e. The Morgan fingerprint density at radius 1 is 1.18 bits per heavy atom. The van der Waals surface area contributed by atoms with Gasteiger partial charge in [-0.25, -0.2) is 9.59 Å². The van der Waals surface area contributed by atoms with Crippen molar-refractivity contribution in [3.8, 4) is 11.5 Å². The van der Waals surface area contributed by atoms with Gasteiger partial charge in [-0.1, -0.05) is 0 Å². The van der Waals surface area contributed by atoms with Gasteiger partial charge >= 0.3 is 12.1 Å². The maximum atomic E-state index is 12.2. The quantitative estimate of drug-likeness (QED) is 0.604. The van der Waals surface area contributed by atoms with Crippen molar-refractivity contribution in [1.29, 1.82) is 0 Å². The van der Waals surface area contributed by atoms with Crippen LogP contribution in [-0.2, 0) is 9.47 Å². The third-order valence-corrected chi connectivity index (χ3v) is 4.21. The van der Waals surface area contributed by atoms with Crippen molar-refractivity contribution in [3.63, 3.8) is 0 Å². The number of piperidine rings is 1. The van der Waals surface area contributed by atoms with Crippen LogP contribution in [0.5, 0.6) is 11.5 Å². The summed E-state index contributed by atoms with van der Waals surface area (Å²) in [6, 6.07) is 3.12. The number of nitrogens with zero attached hydrogens (tertiary/aromatic N) is 1. The summed E-state index contributed by atoms with van der Waals surface area (Å²) in [5.41, 5.74) is 5.91. The van der Waals surface area contributed by atoms with E-state index in [4.69, 9.17) is 24.7 Å². The Kier molecular flexibility index (Phi) is 6.99. The molecular formula is C20H30N2O6. The van der Waals surface area contributed by atoms with Crippen molar-refractivity contribution in [3.05, 3.63) is 17.7 Å². The maximum absolute atomic E-state index is 12.2. The van der Waals surface area contributed by atoms with Crippen molar-refractivity contribution in [2.45, 2.75) is 52.2 Å². The number of hydrogen-bond donors (Lipinski definition) is 1. The standard InChI is InChI=1S/C20H30N2O6/c1-6-26-16-12-15(21)14(18(23)25-5)11-17(16)27-13-7-9-22(10-8-13)19(24)28-20(2,3)4/h11-13H,6-10,21H2,1-5H3. The summed E-state index contributed by atoms with van der Waals surface area (Å²) in [5.74, 6) is 0.375. The first-order chi connectivity index (χ1) is 13.1. The number of rotatable bonds is 5. The second kappa shape index (κ2) is 9.03. The van der Waals surface area contributed by atoms with Crippen LogP contribution in [0.15, 0.2) is 12.1 Å². The summed E-state index contributed by atoms with van der Waals surface area (Å²) in [5, 5.41) is 0. The van der Waals surface area contributed by atoms with E-state index in [-0.39, 0.29) is 23.4 Å². The smallest absolute Gasteiger partial charge is 0.410 e. The summed E-state index contributed by atoms with van der Waals surface area (Å²) >= 11 is 0. The minimum atomic E-state index is -0.537. The molecule has 8 heteroatoms. The van der Waals surface area contributed by atoms with Gasteiger partial charge < -0.3 is 29.6 Å². The normalized spacial score (nSPS) is 15.1. The summed E-state index contributed by atoms with van der Waals surface area (Å²) < 4.78 is 21.9. The number of nitrogens with two attached hydrogens (primary N) is 1. The average molecular weight is 394 g/mol. The zero-order valence-corrected chi connectivity index (χ0v) is 17.2. The topological polar surface area (TPSA) is 100 Å². The number of likely N-dealkylation sites (tertiary alicyclic amines) is 1. The number of hydrogen-bond acceptors (Lipinski definition) is 7. The highest BCUT2D eigenvalue weighted by atomic mass is 16.6. The van der Waals surface area contributed by atoms with Crippen molar-refractivity contribution >= 4 is 17.7 Å². The largest absolute Gasteiger partial charge is 0.490 e. The van der Waals surface area contributed by atoms with E-state index in [0.717, 1.165) is 0 Å². The van der Waals surface area contributed by atoms with E-state index in [1.165, 1.54) is 7.11 Å². The predicted molar refractivity (Wildman–Crippen MR) is 105 cm³/mol. The fourth-order valence-electron chi connectivity index (χ4n) is 2.89. The van der Waals surface area contributed by atoms with Crippen LogP contribution in [0.1, 0.15) is 50.9 Å². The van der Waals surface area contributed by atoms with Gasteiger partial charge in [-0.2, -0.15) is 0 Å².